The van der Waals surface area contributed by atoms with E-state index in [1.165, 1.54) is 16.9 Å². The fraction of sp³-hybridized carbons (Fsp3) is 0.294. The lowest BCUT2D eigenvalue weighted by molar-refractivity contribution is -0.123. The van der Waals surface area contributed by atoms with Gasteiger partial charge in [0.1, 0.15) is 4.88 Å². The van der Waals surface area contributed by atoms with Gasteiger partial charge >= 0.3 is 5.97 Å². The first-order valence-corrected chi connectivity index (χ1v) is 8.04. The summed E-state index contributed by atoms with van der Waals surface area (Å²) < 4.78 is 5.21. The predicted molar refractivity (Wildman–Crippen MR) is 88.4 cm³/mol. The highest BCUT2D eigenvalue weighted by Gasteiger charge is 2.20. The van der Waals surface area contributed by atoms with Crippen molar-refractivity contribution in [3.63, 3.8) is 0 Å². The summed E-state index contributed by atoms with van der Waals surface area (Å²) in [6.45, 7) is 5.48. The van der Waals surface area contributed by atoms with Crippen LogP contribution in [0.25, 0.3) is 0 Å². The molecule has 0 saturated carbocycles. The molecule has 1 N–H and O–H groups in total. The first kappa shape index (κ1) is 16.2. The van der Waals surface area contributed by atoms with Crippen molar-refractivity contribution in [3.8, 4) is 0 Å². The molecule has 22 heavy (non-hydrogen) atoms. The van der Waals surface area contributed by atoms with Crippen molar-refractivity contribution in [2.45, 2.75) is 33.3 Å². The Balaban J connectivity index is 1.94. The third-order valence-corrected chi connectivity index (χ3v) is 4.33. The summed E-state index contributed by atoms with van der Waals surface area (Å²) >= 11 is 1.31. The SMILES string of the molecule is CCc1ccc(NC(=O)C(C)OC(=O)c2sccc2C)cc1. The summed E-state index contributed by atoms with van der Waals surface area (Å²) in [5, 5.41) is 4.57. The second kappa shape index (κ2) is 7.22. The monoisotopic (exact) mass is 317 g/mol. The molecular formula is C17H19NO3S. The molecule has 1 aromatic carbocycles. The molecule has 0 aliphatic heterocycles. The van der Waals surface area contributed by atoms with Gasteiger partial charge in [0.2, 0.25) is 0 Å². The number of amides is 1. The fourth-order valence-electron chi connectivity index (χ4n) is 1.92. The molecule has 116 valence electrons. The minimum atomic E-state index is -0.847. The van der Waals surface area contributed by atoms with E-state index >= 15 is 0 Å². The fourth-order valence-corrected chi connectivity index (χ4v) is 2.72. The number of rotatable bonds is 5. The average molecular weight is 317 g/mol. The quantitative estimate of drug-likeness (QED) is 0.853. The molecule has 2 aromatic rings. The molecule has 1 aromatic heterocycles. The molecule has 0 fully saturated rings. The van der Waals surface area contributed by atoms with Gasteiger partial charge in [0.05, 0.1) is 0 Å². The van der Waals surface area contributed by atoms with Crippen molar-refractivity contribution in [1.82, 2.24) is 0 Å². The molecule has 1 amide bonds. The summed E-state index contributed by atoms with van der Waals surface area (Å²) in [5.41, 5.74) is 2.75. The maximum atomic E-state index is 12.1. The Morgan fingerprint density at radius 1 is 1.23 bits per heavy atom. The van der Waals surface area contributed by atoms with Gasteiger partial charge in [-0.1, -0.05) is 19.1 Å². The van der Waals surface area contributed by atoms with Crippen molar-refractivity contribution in [2.75, 3.05) is 5.32 Å². The zero-order chi connectivity index (χ0) is 16.1. The smallest absolute Gasteiger partial charge is 0.349 e. The maximum Gasteiger partial charge on any atom is 0.349 e. The predicted octanol–water partition coefficient (Wildman–Crippen LogP) is 3.80. The van der Waals surface area contributed by atoms with Crippen LogP contribution in [0.4, 0.5) is 5.69 Å². The molecule has 0 radical (unpaired) electrons. The van der Waals surface area contributed by atoms with E-state index in [2.05, 4.69) is 12.2 Å². The van der Waals surface area contributed by atoms with Crippen LogP contribution in [0.1, 0.15) is 34.6 Å². The number of hydrogen-bond donors (Lipinski definition) is 1. The highest BCUT2D eigenvalue weighted by molar-refractivity contribution is 7.12. The first-order valence-electron chi connectivity index (χ1n) is 7.16. The van der Waals surface area contributed by atoms with Crippen LogP contribution in [0.5, 0.6) is 0 Å². The number of anilines is 1. The highest BCUT2D eigenvalue weighted by Crippen LogP contribution is 2.18. The third-order valence-electron chi connectivity index (χ3n) is 3.33. The Bertz CT molecular complexity index is 661. The summed E-state index contributed by atoms with van der Waals surface area (Å²) in [4.78, 5) is 24.6. The van der Waals surface area contributed by atoms with E-state index in [1.807, 2.05) is 42.6 Å². The van der Waals surface area contributed by atoms with Crippen molar-refractivity contribution in [2.24, 2.45) is 0 Å². The van der Waals surface area contributed by atoms with E-state index in [-0.39, 0.29) is 5.91 Å². The van der Waals surface area contributed by atoms with E-state index in [4.69, 9.17) is 4.74 Å². The minimum Gasteiger partial charge on any atom is -0.448 e. The Morgan fingerprint density at radius 3 is 2.45 bits per heavy atom. The molecule has 2 rings (SSSR count). The maximum absolute atomic E-state index is 12.1. The van der Waals surface area contributed by atoms with E-state index in [1.54, 1.807) is 6.92 Å². The van der Waals surface area contributed by atoms with Crippen molar-refractivity contribution in [3.05, 3.63) is 51.7 Å². The highest BCUT2D eigenvalue weighted by atomic mass is 32.1. The minimum absolute atomic E-state index is 0.341. The standard InChI is InChI=1S/C17H19NO3S/c1-4-13-5-7-14(8-6-13)18-16(19)12(3)21-17(20)15-11(2)9-10-22-15/h5-10,12H,4H2,1-3H3,(H,18,19). The average Bonchev–Trinajstić information content (AvgIpc) is 2.94. The van der Waals surface area contributed by atoms with Crippen LogP contribution < -0.4 is 5.32 Å². The van der Waals surface area contributed by atoms with Gasteiger partial charge in [0.25, 0.3) is 5.91 Å². The van der Waals surface area contributed by atoms with Gasteiger partial charge in [0.15, 0.2) is 6.10 Å². The lowest BCUT2D eigenvalue weighted by atomic mass is 10.1. The van der Waals surface area contributed by atoms with Gasteiger partial charge in [-0.2, -0.15) is 0 Å². The van der Waals surface area contributed by atoms with Crippen LogP contribution in [-0.4, -0.2) is 18.0 Å². The van der Waals surface area contributed by atoms with Crippen molar-refractivity contribution in [1.29, 1.82) is 0 Å². The second-order valence-electron chi connectivity index (χ2n) is 5.02. The van der Waals surface area contributed by atoms with Crippen LogP contribution in [0.15, 0.2) is 35.7 Å². The molecule has 0 bridgehead atoms. The summed E-state index contributed by atoms with van der Waals surface area (Å²) in [6.07, 6.45) is 0.0995. The molecule has 1 heterocycles. The zero-order valence-corrected chi connectivity index (χ0v) is 13.7. The Labute approximate surface area is 134 Å². The second-order valence-corrected chi connectivity index (χ2v) is 5.94. The Morgan fingerprint density at radius 2 is 1.91 bits per heavy atom. The van der Waals surface area contributed by atoms with Gasteiger partial charge in [-0.15, -0.1) is 11.3 Å². The number of carbonyl (C=O) groups excluding carboxylic acids is 2. The number of benzene rings is 1. The lowest BCUT2D eigenvalue weighted by Crippen LogP contribution is -2.29. The van der Waals surface area contributed by atoms with Crippen LogP contribution in [0.3, 0.4) is 0 Å². The van der Waals surface area contributed by atoms with Crippen LogP contribution in [-0.2, 0) is 16.0 Å². The lowest BCUT2D eigenvalue weighted by Gasteiger charge is -2.13. The first-order chi connectivity index (χ1) is 10.5. The molecule has 0 saturated heterocycles. The van der Waals surface area contributed by atoms with E-state index in [0.29, 0.717) is 10.6 Å². The van der Waals surface area contributed by atoms with Gasteiger partial charge < -0.3 is 10.1 Å². The number of thiophene rings is 1. The molecule has 4 nitrogen and oxygen atoms in total. The van der Waals surface area contributed by atoms with Gasteiger partial charge in [-0.05, 0) is 55.0 Å². The molecule has 5 heteroatoms. The largest absolute Gasteiger partial charge is 0.448 e. The topological polar surface area (TPSA) is 55.4 Å². The molecule has 0 aliphatic rings. The van der Waals surface area contributed by atoms with Gasteiger partial charge in [-0.25, -0.2) is 4.79 Å². The number of nitrogens with one attached hydrogen (secondary N) is 1. The number of aryl methyl sites for hydroxylation is 2. The summed E-state index contributed by atoms with van der Waals surface area (Å²) in [7, 11) is 0. The number of carbonyl (C=O) groups is 2. The van der Waals surface area contributed by atoms with E-state index in [0.717, 1.165) is 12.0 Å². The van der Waals surface area contributed by atoms with Crippen LogP contribution >= 0.6 is 11.3 Å². The summed E-state index contributed by atoms with van der Waals surface area (Å²) in [5.74, 6) is -0.803. The Hall–Kier alpha value is -2.14. The van der Waals surface area contributed by atoms with Crippen LogP contribution in [0.2, 0.25) is 0 Å². The molecule has 1 atom stereocenters. The summed E-state index contributed by atoms with van der Waals surface area (Å²) in [6, 6.07) is 9.45. The zero-order valence-electron chi connectivity index (χ0n) is 12.9. The number of ether oxygens (including phenoxy) is 1. The molecular weight excluding hydrogens is 298 g/mol. The molecule has 0 aliphatic carbocycles. The molecule has 0 spiro atoms. The number of hydrogen-bond acceptors (Lipinski definition) is 4. The van der Waals surface area contributed by atoms with Crippen molar-refractivity contribution >= 4 is 28.9 Å². The van der Waals surface area contributed by atoms with Gasteiger partial charge in [-0.3, -0.25) is 4.79 Å². The normalized spacial score (nSPS) is 11.8. The van der Waals surface area contributed by atoms with Crippen LogP contribution in [0, 0.1) is 6.92 Å². The van der Waals surface area contributed by atoms with E-state index < -0.39 is 12.1 Å². The third kappa shape index (κ3) is 3.95. The van der Waals surface area contributed by atoms with Crippen molar-refractivity contribution < 1.29 is 14.3 Å². The molecule has 1 unspecified atom stereocenters. The Kier molecular flexibility index (Phi) is 5.33. The number of esters is 1. The van der Waals surface area contributed by atoms with E-state index in [9.17, 15) is 9.59 Å². The van der Waals surface area contributed by atoms with Gasteiger partial charge in [0, 0.05) is 5.69 Å².